The summed E-state index contributed by atoms with van der Waals surface area (Å²) in [5.41, 5.74) is 2.67. The molecular formula is C13H17ClN2. The largest absolute Gasteiger partial charge is 0.361 e. The van der Waals surface area contributed by atoms with Gasteiger partial charge in [0.25, 0.3) is 0 Å². The lowest BCUT2D eigenvalue weighted by molar-refractivity contribution is 0.412. The number of nitrogens with one attached hydrogen (secondary N) is 2. The fraction of sp³-hybridized carbons (Fsp3) is 0.385. The van der Waals surface area contributed by atoms with Crippen LogP contribution in [0.5, 0.6) is 0 Å². The molecule has 86 valence electrons. The van der Waals surface area contributed by atoms with E-state index in [9.17, 15) is 0 Å². The van der Waals surface area contributed by atoms with Crippen LogP contribution in [0.4, 0.5) is 0 Å². The van der Waals surface area contributed by atoms with Crippen molar-refractivity contribution < 1.29 is 0 Å². The van der Waals surface area contributed by atoms with Crippen LogP contribution >= 0.6 is 12.4 Å². The van der Waals surface area contributed by atoms with Gasteiger partial charge in [-0.05, 0) is 42.5 Å². The molecule has 2 N–H and O–H groups in total. The number of piperidine rings is 1. The molecule has 16 heavy (non-hydrogen) atoms. The lowest BCUT2D eigenvalue weighted by Crippen LogP contribution is -2.26. The van der Waals surface area contributed by atoms with E-state index in [2.05, 4.69) is 34.6 Å². The SMILES string of the molecule is Cl.c1cc2ccc([C@@H]3CCCCN3)cc2[nH]1. The molecule has 2 nitrogen and oxygen atoms in total. The summed E-state index contributed by atoms with van der Waals surface area (Å²) in [4.78, 5) is 3.27. The number of rotatable bonds is 1. The van der Waals surface area contributed by atoms with Gasteiger partial charge in [0.1, 0.15) is 0 Å². The van der Waals surface area contributed by atoms with E-state index in [-0.39, 0.29) is 12.4 Å². The van der Waals surface area contributed by atoms with Gasteiger partial charge in [0.05, 0.1) is 0 Å². The number of hydrogen-bond acceptors (Lipinski definition) is 1. The maximum absolute atomic E-state index is 3.58. The Morgan fingerprint density at radius 2 is 2.06 bits per heavy atom. The molecule has 1 aliphatic rings. The summed E-state index contributed by atoms with van der Waals surface area (Å²) in [5, 5.41) is 4.88. The molecule has 2 heterocycles. The number of aromatic nitrogens is 1. The van der Waals surface area contributed by atoms with Crippen LogP contribution < -0.4 is 5.32 Å². The van der Waals surface area contributed by atoms with Crippen molar-refractivity contribution in [3.05, 3.63) is 36.0 Å². The van der Waals surface area contributed by atoms with E-state index in [1.807, 2.05) is 6.20 Å². The minimum Gasteiger partial charge on any atom is -0.361 e. The Bertz CT molecular complexity index is 458. The quantitative estimate of drug-likeness (QED) is 0.781. The third-order valence-electron chi connectivity index (χ3n) is 3.29. The van der Waals surface area contributed by atoms with Gasteiger partial charge in [-0.15, -0.1) is 12.4 Å². The highest BCUT2D eigenvalue weighted by Crippen LogP contribution is 2.25. The van der Waals surface area contributed by atoms with E-state index in [0.29, 0.717) is 6.04 Å². The first-order valence-corrected chi connectivity index (χ1v) is 5.74. The van der Waals surface area contributed by atoms with Gasteiger partial charge in [-0.3, -0.25) is 0 Å². The van der Waals surface area contributed by atoms with Gasteiger partial charge in [0.2, 0.25) is 0 Å². The van der Waals surface area contributed by atoms with Crippen LogP contribution in [0.1, 0.15) is 30.9 Å². The van der Waals surface area contributed by atoms with Crippen LogP contribution in [0.25, 0.3) is 10.9 Å². The topological polar surface area (TPSA) is 27.8 Å². The smallest absolute Gasteiger partial charge is 0.0457 e. The number of aromatic amines is 1. The van der Waals surface area contributed by atoms with Crippen molar-refractivity contribution in [2.24, 2.45) is 0 Å². The van der Waals surface area contributed by atoms with Gasteiger partial charge in [0, 0.05) is 17.8 Å². The third-order valence-corrected chi connectivity index (χ3v) is 3.29. The number of hydrogen-bond donors (Lipinski definition) is 2. The molecule has 3 heteroatoms. The molecule has 2 aromatic rings. The molecule has 1 saturated heterocycles. The van der Waals surface area contributed by atoms with Crippen LogP contribution in [0.2, 0.25) is 0 Å². The van der Waals surface area contributed by atoms with Gasteiger partial charge in [-0.2, -0.15) is 0 Å². The van der Waals surface area contributed by atoms with E-state index >= 15 is 0 Å². The Labute approximate surface area is 102 Å². The Morgan fingerprint density at radius 3 is 2.88 bits per heavy atom. The van der Waals surface area contributed by atoms with E-state index in [1.165, 1.54) is 35.7 Å². The summed E-state index contributed by atoms with van der Waals surface area (Å²) in [6, 6.07) is 9.41. The first-order chi connectivity index (χ1) is 7.43. The fourth-order valence-corrected chi connectivity index (χ4v) is 2.42. The van der Waals surface area contributed by atoms with E-state index in [1.54, 1.807) is 0 Å². The maximum Gasteiger partial charge on any atom is 0.0457 e. The van der Waals surface area contributed by atoms with Crippen LogP contribution in [-0.4, -0.2) is 11.5 Å². The molecule has 0 radical (unpaired) electrons. The van der Waals surface area contributed by atoms with Gasteiger partial charge in [-0.25, -0.2) is 0 Å². The Kier molecular flexibility index (Phi) is 3.52. The van der Waals surface area contributed by atoms with Crippen molar-refractivity contribution >= 4 is 23.3 Å². The molecular weight excluding hydrogens is 220 g/mol. The Hall–Kier alpha value is -0.990. The van der Waals surface area contributed by atoms with Crippen molar-refractivity contribution in [1.82, 2.24) is 10.3 Å². The Morgan fingerprint density at radius 1 is 1.12 bits per heavy atom. The number of benzene rings is 1. The predicted octanol–water partition coefficient (Wildman–Crippen LogP) is 3.40. The second kappa shape index (κ2) is 4.89. The highest BCUT2D eigenvalue weighted by molar-refractivity contribution is 5.85. The normalized spacial score (nSPS) is 20.6. The van der Waals surface area contributed by atoms with Crippen LogP contribution in [0.3, 0.4) is 0 Å². The average Bonchev–Trinajstić information content (AvgIpc) is 2.77. The third kappa shape index (κ3) is 2.08. The van der Waals surface area contributed by atoms with Crippen molar-refractivity contribution in [1.29, 1.82) is 0 Å². The van der Waals surface area contributed by atoms with Crippen molar-refractivity contribution in [3.63, 3.8) is 0 Å². The number of H-pyrrole nitrogens is 1. The van der Waals surface area contributed by atoms with Crippen molar-refractivity contribution in [2.75, 3.05) is 6.54 Å². The molecule has 0 spiro atoms. The molecule has 0 unspecified atom stereocenters. The summed E-state index contributed by atoms with van der Waals surface area (Å²) in [5.74, 6) is 0. The maximum atomic E-state index is 3.58. The number of fused-ring (bicyclic) bond motifs is 1. The van der Waals surface area contributed by atoms with Crippen molar-refractivity contribution in [2.45, 2.75) is 25.3 Å². The van der Waals surface area contributed by atoms with Crippen molar-refractivity contribution in [3.8, 4) is 0 Å². The monoisotopic (exact) mass is 236 g/mol. The molecule has 1 fully saturated rings. The van der Waals surface area contributed by atoms with Crippen LogP contribution in [-0.2, 0) is 0 Å². The standard InChI is InChI=1S/C13H16N2.ClH/c1-2-7-14-12(3-1)11-5-4-10-6-8-15-13(10)9-11;/h4-6,8-9,12,14-15H,1-3,7H2;1H/t12-;/m0./s1. The summed E-state index contributed by atoms with van der Waals surface area (Å²) in [7, 11) is 0. The molecule has 1 aliphatic heterocycles. The minimum atomic E-state index is 0. The molecule has 1 atom stereocenters. The summed E-state index contributed by atoms with van der Waals surface area (Å²) in [6.07, 6.45) is 5.94. The summed E-state index contributed by atoms with van der Waals surface area (Å²) in [6.45, 7) is 1.16. The second-order valence-electron chi connectivity index (χ2n) is 4.33. The van der Waals surface area contributed by atoms with Gasteiger partial charge in [-0.1, -0.05) is 18.6 Å². The number of halogens is 1. The second-order valence-corrected chi connectivity index (χ2v) is 4.33. The fourth-order valence-electron chi connectivity index (χ4n) is 2.42. The zero-order chi connectivity index (χ0) is 10.1. The average molecular weight is 237 g/mol. The minimum absolute atomic E-state index is 0. The first kappa shape index (κ1) is 11.5. The van der Waals surface area contributed by atoms with E-state index < -0.39 is 0 Å². The predicted molar refractivity (Wildman–Crippen MR) is 70.1 cm³/mol. The Balaban J connectivity index is 0.000000963. The zero-order valence-corrected chi connectivity index (χ0v) is 10.0. The molecule has 0 aliphatic carbocycles. The molecule has 0 saturated carbocycles. The van der Waals surface area contributed by atoms with Crippen LogP contribution in [0.15, 0.2) is 30.5 Å². The van der Waals surface area contributed by atoms with Crippen LogP contribution in [0, 0.1) is 0 Å². The molecule has 0 bridgehead atoms. The van der Waals surface area contributed by atoms with Gasteiger partial charge in [0.15, 0.2) is 0 Å². The summed E-state index contributed by atoms with van der Waals surface area (Å²) < 4.78 is 0. The lowest BCUT2D eigenvalue weighted by atomic mass is 9.97. The molecule has 3 rings (SSSR count). The van der Waals surface area contributed by atoms with E-state index in [0.717, 1.165) is 6.54 Å². The van der Waals surface area contributed by atoms with Gasteiger partial charge < -0.3 is 10.3 Å². The zero-order valence-electron chi connectivity index (χ0n) is 9.20. The van der Waals surface area contributed by atoms with E-state index in [4.69, 9.17) is 0 Å². The first-order valence-electron chi connectivity index (χ1n) is 5.74. The highest BCUT2D eigenvalue weighted by Gasteiger charge is 2.14. The lowest BCUT2D eigenvalue weighted by Gasteiger charge is -2.23. The van der Waals surface area contributed by atoms with Gasteiger partial charge >= 0.3 is 0 Å². The summed E-state index contributed by atoms with van der Waals surface area (Å²) >= 11 is 0. The molecule has 1 aromatic heterocycles. The molecule has 1 aromatic carbocycles. The highest BCUT2D eigenvalue weighted by atomic mass is 35.5. The molecule has 0 amide bonds.